The number of fused-ring (bicyclic) bond motifs is 1. The van der Waals surface area contributed by atoms with Crippen LogP contribution in [0.15, 0.2) is 30.5 Å². The summed E-state index contributed by atoms with van der Waals surface area (Å²) in [7, 11) is 2.19. The first-order chi connectivity index (χ1) is 8.84. The molecule has 0 radical (unpaired) electrons. The van der Waals surface area contributed by atoms with E-state index in [1.165, 1.54) is 42.5 Å². The fraction of sp³-hybridized carbons (Fsp3) is 0.467. The van der Waals surface area contributed by atoms with Crippen molar-refractivity contribution in [1.29, 1.82) is 0 Å². The lowest BCUT2D eigenvalue weighted by Crippen LogP contribution is -2.21. The zero-order chi connectivity index (χ0) is 12.4. The maximum atomic E-state index is 3.44. The van der Waals surface area contributed by atoms with Crippen molar-refractivity contribution in [3.8, 4) is 0 Å². The highest BCUT2D eigenvalue weighted by molar-refractivity contribution is 5.92. The van der Waals surface area contributed by atoms with Gasteiger partial charge in [0.15, 0.2) is 0 Å². The monoisotopic (exact) mass is 243 g/mol. The second-order valence-corrected chi connectivity index (χ2v) is 5.29. The Morgan fingerprint density at radius 1 is 1.33 bits per heavy atom. The number of rotatable bonds is 4. The Morgan fingerprint density at radius 2 is 2.22 bits per heavy atom. The summed E-state index contributed by atoms with van der Waals surface area (Å²) in [5.74, 6) is 0.859. The number of H-pyrrole nitrogens is 1. The molecule has 1 aromatic heterocycles. The van der Waals surface area contributed by atoms with Crippen LogP contribution in [0, 0.1) is 5.92 Å². The van der Waals surface area contributed by atoms with Crippen molar-refractivity contribution in [2.45, 2.75) is 12.8 Å². The molecular weight excluding hydrogens is 222 g/mol. The molecule has 0 spiro atoms. The van der Waals surface area contributed by atoms with Crippen LogP contribution in [0.2, 0.25) is 0 Å². The maximum absolute atomic E-state index is 3.44. The van der Waals surface area contributed by atoms with Crippen LogP contribution in [0.3, 0.4) is 0 Å². The summed E-state index contributed by atoms with van der Waals surface area (Å²) in [5, 5.41) is 4.76. The van der Waals surface area contributed by atoms with E-state index in [-0.39, 0.29) is 0 Å². The number of aromatic nitrogens is 1. The van der Waals surface area contributed by atoms with E-state index in [4.69, 9.17) is 0 Å². The lowest BCUT2D eigenvalue weighted by atomic mass is 10.0. The molecule has 3 heteroatoms. The van der Waals surface area contributed by atoms with E-state index in [0.717, 1.165) is 12.5 Å². The molecule has 1 aliphatic rings. The van der Waals surface area contributed by atoms with Crippen LogP contribution in [0.1, 0.15) is 12.8 Å². The number of aromatic amines is 1. The highest BCUT2D eigenvalue weighted by Crippen LogP contribution is 2.26. The topological polar surface area (TPSA) is 31.1 Å². The summed E-state index contributed by atoms with van der Waals surface area (Å²) in [4.78, 5) is 5.72. The molecule has 0 aliphatic carbocycles. The third-order valence-corrected chi connectivity index (χ3v) is 4.01. The van der Waals surface area contributed by atoms with Crippen molar-refractivity contribution in [1.82, 2.24) is 10.3 Å². The molecule has 1 fully saturated rings. The van der Waals surface area contributed by atoms with Gasteiger partial charge in [0.05, 0.1) is 5.69 Å². The van der Waals surface area contributed by atoms with Gasteiger partial charge in [-0.25, -0.2) is 0 Å². The molecular formula is C15H21N3. The van der Waals surface area contributed by atoms with Crippen molar-refractivity contribution in [3.63, 3.8) is 0 Å². The Hall–Kier alpha value is -1.48. The second-order valence-electron chi connectivity index (χ2n) is 5.29. The van der Waals surface area contributed by atoms with E-state index in [1.54, 1.807) is 0 Å². The standard InChI is InChI=1S/C15H21N3/c1-18(9-7-12-6-8-16-10-12)15-11-17-14-5-3-2-4-13(14)15/h2-5,11-12,16-17H,6-10H2,1H3. The highest BCUT2D eigenvalue weighted by Gasteiger charge is 2.15. The van der Waals surface area contributed by atoms with Gasteiger partial charge in [-0.05, 0) is 37.9 Å². The number of hydrogen-bond acceptors (Lipinski definition) is 2. The summed E-state index contributed by atoms with van der Waals surface area (Å²) in [6.45, 7) is 3.53. The Labute approximate surface area is 108 Å². The van der Waals surface area contributed by atoms with Gasteiger partial charge in [-0.15, -0.1) is 0 Å². The third-order valence-electron chi connectivity index (χ3n) is 4.01. The van der Waals surface area contributed by atoms with E-state index in [9.17, 15) is 0 Å². The molecule has 3 nitrogen and oxygen atoms in total. The number of nitrogens with zero attached hydrogens (tertiary/aromatic N) is 1. The van der Waals surface area contributed by atoms with E-state index < -0.39 is 0 Å². The van der Waals surface area contributed by atoms with Crippen LogP contribution >= 0.6 is 0 Å². The van der Waals surface area contributed by atoms with Crippen LogP contribution in [-0.2, 0) is 0 Å². The Kier molecular flexibility index (Phi) is 3.24. The molecule has 1 saturated heterocycles. The van der Waals surface area contributed by atoms with Gasteiger partial charge in [0.1, 0.15) is 0 Å². The normalized spacial score (nSPS) is 19.5. The fourth-order valence-corrected chi connectivity index (χ4v) is 2.83. The van der Waals surface area contributed by atoms with Gasteiger partial charge in [-0.3, -0.25) is 0 Å². The molecule has 0 amide bonds. The number of hydrogen-bond donors (Lipinski definition) is 2. The summed E-state index contributed by atoms with van der Waals surface area (Å²) in [6, 6.07) is 8.50. The lowest BCUT2D eigenvalue weighted by Gasteiger charge is -2.20. The first-order valence-corrected chi connectivity index (χ1v) is 6.82. The van der Waals surface area contributed by atoms with E-state index in [1.807, 2.05) is 0 Å². The van der Waals surface area contributed by atoms with Crippen LogP contribution in [0.25, 0.3) is 10.9 Å². The van der Waals surface area contributed by atoms with E-state index in [2.05, 4.69) is 52.7 Å². The van der Waals surface area contributed by atoms with Gasteiger partial charge < -0.3 is 15.2 Å². The Morgan fingerprint density at radius 3 is 3.06 bits per heavy atom. The molecule has 1 atom stereocenters. The molecule has 2 heterocycles. The molecule has 2 N–H and O–H groups in total. The highest BCUT2D eigenvalue weighted by atomic mass is 15.1. The maximum Gasteiger partial charge on any atom is 0.0621 e. The van der Waals surface area contributed by atoms with Crippen LogP contribution in [0.5, 0.6) is 0 Å². The van der Waals surface area contributed by atoms with E-state index >= 15 is 0 Å². The SMILES string of the molecule is CN(CCC1CCNC1)c1c[nH]c2ccccc12. The third kappa shape index (κ3) is 2.23. The molecule has 18 heavy (non-hydrogen) atoms. The molecule has 2 aromatic rings. The number of nitrogens with one attached hydrogen (secondary N) is 2. The molecule has 0 bridgehead atoms. The average Bonchev–Trinajstić information content (AvgIpc) is 3.05. The van der Waals surface area contributed by atoms with Crippen LogP contribution < -0.4 is 10.2 Å². The summed E-state index contributed by atoms with van der Waals surface area (Å²) < 4.78 is 0. The van der Waals surface area contributed by atoms with Gasteiger partial charge in [0, 0.05) is 30.7 Å². The summed E-state index contributed by atoms with van der Waals surface area (Å²) in [6.07, 6.45) is 4.74. The molecule has 3 rings (SSSR count). The molecule has 0 saturated carbocycles. The summed E-state index contributed by atoms with van der Waals surface area (Å²) >= 11 is 0. The zero-order valence-electron chi connectivity index (χ0n) is 10.9. The van der Waals surface area contributed by atoms with Gasteiger partial charge in [-0.1, -0.05) is 18.2 Å². The second kappa shape index (κ2) is 5.02. The minimum absolute atomic E-state index is 0.859. The largest absolute Gasteiger partial charge is 0.373 e. The van der Waals surface area contributed by atoms with Crippen molar-refractivity contribution < 1.29 is 0 Å². The van der Waals surface area contributed by atoms with Gasteiger partial charge >= 0.3 is 0 Å². The molecule has 96 valence electrons. The Bertz CT molecular complexity index is 511. The predicted octanol–water partition coefficient (Wildman–Crippen LogP) is 2.60. The van der Waals surface area contributed by atoms with Crippen molar-refractivity contribution in [2.24, 2.45) is 5.92 Å². The van der Waals surface area contributed by atoms with Crippen LogP contribution in [-0.4, -0.2) is 31.7 Å². The number of anilines is 1. The first-order valence-electron chi connectivity index (χ1n) is 6.82. The smallest absolute Gasteiger partial charge is 0.0621 e. The van der Waals surface area contributed by atoms with Crippen LogP contribution in [0.4, 0.5) is 5.69 Å². The minimum Gasteiger partial charge on any atom is -0.373 e. The quantitative estimate of drug-likeness (QED) is 0.865. The van der Waals surface area contributed by atoms with Gasteiger partial charge in [0.25, 0.3) is 0 Å². The zero-order valence-corrected chi connectivity index (χ0v) is 10.9. The predicted molar refractivity (Wildman–Crippen MR) is 77.2 cm³/mol. The number of para-hydroxylation sites is 1. The molecule has 1 unspecified atom stereocenters. The molecule has 1 aliphatic heterocycles. The number of benzene rings is 1. The van der Waals surface area contributed by atoms with Gasteiger partial charge in [-0.2, -0.15) is 0 Å². The lowest BCUT2D eigenvalue weighted by molar-refractivity contribution is 0.534. The van der Waals surface area contributed by atoms with Crippen molar-refractivity contribution in [3.05, 3.63) is 30.5 Å². The minimum atomic E-state index is 0.859. The summed E-state index contributed by atoms with van der Waals surface area (Å²) in [5.41, 5.74) is 2.54. The van der Waals surface area contributed by atoms with Crippen molar-refractivity contribution >= 4 is 16.6 Å². The first kappa shape index (κ1) is 11.6. The molecule has 1 aromatic carbocycles. The van der Waals surface area contributed by atoms with Crippen molar-refractivity contribution in [2.75, 3.05) is 31.6 Å². The fourth-order valence-electron chi connectivity index (χ4n) is 2.83. The Balaban J connectivity index is 1.69. The van der Waals surface area contributed by atoms with Gasteiger partial charge in [0.2, 0.25) is 0 Å². The average molecular weight is 243 g/mol. The van der Waals surface area contributed by atoms with E-state index in [0.29, 0.717) is 0 Å².